The maximum atomic E-state index is 13.1. The summed E-state index contributed by atoms with van der Waals surface area (Å²) >= 11 is 0. The average Bonchev–Trinajstić information content (AvgIpc) is 2.27. The molecule has 0 fully saturated rings. The van der Waals surface area contributed by atoms with Crippen molar-refractivity contribution in [2.24, 2.45) is 0 Å². The number of carbonyl (C=O) groups is 2. The number of hydrogen-bond acceptors (Lipinski definition) is 4. The van der Waals surface area contributed by atoms with E-state index >= 15 is 0 Å². The molecule has 5 nitrogen and oxygen atoms in total. The smallest absolute Gasteiger partial charge is 0.410 e. The molecule has 6 heteroatoms. The molecule has 104 valence electrons. The van der Waals surface area contributed by atoms with E-state index in [2.05, 4.69) is 4.98 Å². The minimum absolute atomic E-state index is 0.295. The maximum Gasteiger partial charge on any atom is 0.410 e. The first-order chi connectivity index (χ1) is 8.74. The first-order valence-electron chi connectivity index (χ1n) is 5.76. The zero-order chi connectivity index (χ0) is 14.6. The molecule has 0 aliphatic carbocycles. The Morgan fingerprint density at radius 1 is 1.47 bits per heavy atom. The highest BCUT2D eigenvalue weighted by molar-refractivity contribution is 5.74. The highest BCUT2D eigenvalue weighted by atomic mass is 19.1. The number of likely N-dealkylation sites (N-methyl/N-ethyl adjacent to an activating group) is 1. The van der Waals surface area contributed by atoms with E-state index in [4.69, 9.17) is 4.74 Å². The molecule has 1 aromatic rings. The fourth-order valence-electron chi connectivity index (χ4n) is 1.43. The Kier molecular flexibility index (Phi) is 4.58. The third kappa shape index (κ3) is 4.31. The Hall–Kier alpha value is -1.98. The minimum atomic E-state index is -0.932. The van der Waals surface area contributed by atoms with E-state index in [0.29, 0.717) is 11.8 Å². The van der Waals surface area contributed by atoms with Crippen molar-refractivity contribution in [3.05, 3.63) is 29.8 Å². The third-order valence-corrected chi connectivity index (χ3v) is 2.30. The van der Waals surface area contributed by atoms with Crippen LogP contribution in [0.2, 0.25) is 0 Å². The van der Waals surface area contributed by atoms with Crippen LogP contribution < -0.4 is 0 Å². The number of halogens is 1. The van der Waals surface area contributed by atoms with Crippen molar-refractivity contribution >= 4 is 12.4 Å². The SMILES string of the molecule is CN(C(=O)OC(C)(C)C)C(C=O)c1cncc(F)c1. The molecule has 0 aliphatic rings. The van der Waals surface area contributed by atoms with Gasteiger partial charge in [-0.25, -0.2) is 9.18 Å². The number of aldehydes is 1. The summed E-state index contributed by atoms with van der Waals surface area (Å²) < 4.78 is 18.2. The van der Waals surface area contributed by atoms with Crippen molar-refractivity contribution in [3.8, 4) is 0 Å². The lowest BCUT2D eigenvalue weighted by atomic mass is 10.1. The average molecular weight is 268 g/mol. The molecular formula is C13H17FN2O3. The third-order valence-electron chi connectivity index (χ3n) is 2.30. The molecule has 0 radical (unpaired) electrons. The topological polar surface area (TPSA) is 59.5 Å². The summed E-state index contributed by atoms with van der Waals surface area (Å²) in [5.41, 5.74) is -0.373. The highest BCUT2D eigenvalue weighted by Gasteiger charge is 2.26. The van der Waals surface area contributed by atoms with Crippen molar-refractivity contribution in [3.63, 3.8) is 0 Å². The van der Waals surface area contributed by atoms with Crippen molar-refractivity contribution < 1.29 is 18.7 Å². The second kappa shape index (κ2) is 5.77. The molecular weight excluding hydrogens is 251 g/mol. The van der Waals surface area contributed by atoms with Crippen LogP contribution in [0.1, 0.15) is 32.4 Å². The largest absolute Gasteiger partial charge is 0.444 e. The number of nitrogens with zero attached hydrogens (tertiary/aromatic N) is 2. The normalized spacial score (nSPS) is 12.7. The predicted octanol–water partition coefficient (Wildman–Crippen LogP) is 2.33. The molecule has 0 bridgehead atoms. The Morgan fingerprint density at radius 3 is 2.58 bits per heavy atom. The summed E-state index contributed by atoms with van der Waals surface area (Å²) in [5, 5.41) is 0. The second-order valence-corrected chi connectivity index (χ2v) is 5.11. The lowest BCUT2D eigenvalue weighted by molar-refractivity contribution is -0.112. The van der Waals surface area contributed by atoms with Crippen molar-refractivity contribution in [1.29, 1.82) is 0 Å². The van der Waals surface area contributed by atoms with Gasteiger partial charge in [0.15, 0.2) is 0 Å². The lowest BCUT2D eigenvalue weighted by Crippen LogP contribution is -2.37. The van der Waals surface area contributed by atoms with Crippen LogP contribution in [-0.4, -0.2) is 34.9 Å². The minimum Gasteiger partial charge on any atom is -0.444 e. The number of carbonyl (C=O) groups excluding carboxylic acids is 2. The quantitative estimate of drug-likeness (QED) is 0.789. The van der Waals surface area contributed by atoms with Crippen LogP contribution in [0.5, 0.6) is 0 Å². The van der Waals surface area contributed by atoms with Gasteiger partial charge in [-0.05, 0) is 26.8 Å². The zero-order valence-corrected chi connectivity index (χ0v) is 11.4. The van der Waals surface area contributed by atoms with E-state index in [0.717, 1.165) is 17.2 Å². The van der Waals surface area contributed by atoms with Crippen LogP contribution in [0.4, 0.5) is 9.18 Å². The summed E-state index contributed by atoms with van der Waals surface area (Å²) in [5.74, 6) is -0.568. The first kappa shape index (κ1) is 15.1. The monoisotopic (exact) mass is 268 g/mol. The van der Waals surface area contributed by atoms with Gasteiger partial charge in [-0.1, -0.05) is 0 Å². The molecule has 0 aliphatic heterocycles. The number of amides is 1. The van der Waals surface area contributed by atoms with Crippen molar-refractivity contribution in [2.75, 3.05) is 7.05 Å². The van der Waals surface area contributed by atoms with Gasteiger partial charge in [0.05, 0.1) is 6.20 Å². The lowest BCUT2D eigenvalue weighted by Gasteiger charge is -2.28. The molecule has 1 aromatic heterocycles. The van der Waals surface area contributed by atoms with E-state index in [9.17, 15) is 14.0 Å². The predicted molar refractivity (Wildman–Crippen MR) is 67.0 cm³/mol. The number of hydrogen-bond donors (Lipinski definition) is 0. The molecule has 1 amide bonds. The van der Waals surface area contributed by atoms with E-state index in [1.165, 1.54) is 13.2 Å². The Balaban J connectivity index is 2.91. The Bertz CT molecular complexity index is 471. The van der Waals surface area contributed by atoms with E-state index in [1.54, 1.807) is 20.8 Å². The van der Waals surface area contributed by atoms with Gasteiger partial charge in [0.2, 0.25) is 0 Å². The standard InChI is InChI=1S/C13H17FN2O3/c1-13(2,3)19-12(18)16(4)11(8-17)9-5-10(14)7-15-6-9/h5-8,11H,1-4H3. The summed E-state index contributed by atoms with van der Waals surface area (Å²) in [6.45, 7) is 5.16. The zero-order valence-electron chi connectivity index (χ0n) is 11.4. The molecule has 0 spiro atoms. The van der Waals surface area contributed by atoms with Gasteiger partial charge in [-0.3, -0.25) is 9.88 Å². The summed E-state index contributed by atoms with van der Waals surface area (Å²) in [7, 11) is 1.41. The van der Waals surface area contributed by atoms with Gasteiger partial charge in [-0.15, -0.1) is 0 Å². The number of ether oxygens (including phenoxy) is 1. The molecule has 0 aromatic carbocycles. The molecule has 1 rings (SSSR count). The van der Waals surface area contributed by atoms with E-state index in [1.807, 2.05) is 0 Å². The van der Waals surface area contributed by atoms with Crippen LogP contribution >= 0.6 is 0 Å². The van der Waals surface area contributed by atoms with Crippen molar-refractivity contribution in [1.82, 2.24) is 9.88 Å². The Labute approximate surface area is 111 Å². The maximum absolute atomic E-state index is 13.1. The molecule has 0 saturated heterocycles. The second-order valence-electron chi connectivity index (χ2n) is 5.11. The van der Waals surface area contributed by atoms with E-state index in [-0.39, 0.29) is 0 Å². The van der Waals surface area contributed by atoms with Gasteiger partial charge >= 0.3 is 6.09 Å². The number of rotatable bonds is 3. The molecule has 19 heavy (non-hydrogen) atoms. The van der Waals surface area contributed by atoms with Gasteiger partial charge in [0.25, 0.3) is 0 Å². The fraction of sp³-hybridized carbons (Fsp3) is 0.462. The van der Waals surface area contributed by atoms with Crippen molar-refractivity contribution in [2.45, 2.75) is 32.4 Å². The van der Waals surface area contributed by atoms with Crippen LogP contribution in [0.3, 0.4) is 0 Å². The van der Waals surface area contributed by atoms with Crippen LogP contribution in [-0.2, 0) is 9.53 Å². The molecule has 1 heterocycles. The molecule has 1 unspecified atom stereocenters. The summed E-state index contributed by atoms with van der Waals surface area (Å²) in [6.07, 6.45) is 2.25. The molecule has 0 N–H and O–H groups in total. The fourth-order valence-corrected chi connectivity index (χ4v) is 1.43. The Morgan fingerprint density at radius 2 is 2.11 bits per heavy atom. The molecule has 0 saturated carbocycles. The number of pyridine rings is 1. The number of aromatic nitrogens is 1. The van der Waals surface area contributed by atoms with Crippen LogP contribution in [0.25, 0.3) is 0 Å². The van der Waals surface area contributed by atoms with Gasteiger partial charge in [-0.2, -0.15) is 0 Å². The van der Waals surface area contributed by atoms with Gasteiger partial charge in [0, 0.05) is 18.8 Å². The summed E-state index contributed by atoms with van der Waals surface area (Å²) in [4.78, 5) is 27.7. The molecule has 1 atom stereocenters. The van der Waals surface area contributed by atoms with Gasteiger partial charge in [0.1, 0.15) is 23.7 Å². The van der Waals surface area contributed by atoms with E-state index < -0.39 is 23.6 Å². The van der Waals surface area contributed by atoms with Crippen LogP contribution in [0, 0.1) is 5.82 Å². The summed E-state index contributed by atoms with van der Waals surface area (Å²) in [6, 6.07) is 0.227. The first-order valence-corrected chi connectivity index (χ1v) is 5.76. The highest BCUT2D eigenvalue weighted by Crippen LogP contribution is 2.19. The van der Waals surface area contributed by atoms with Gasteiger partial charge < -0.3 is 9.53 Å². The van der Waals surface area contributed by atoms with Crippen LogP contribution in [0.15, 0.2) is 18.5 Å².